The van der Waals surface area contributed by atoms with Gasteiger partial charge in [-0.15, -0.1) is 0 Å². The zero-order valence-corrected chi connectivity index (χ0v) is 13.9. The highest BCUT2D eigenvalue weighted by atomic mass is 16.5. The number of esters is 1. The van der Waals surface area contributed by atoms with Crippen LogP contribution < -0.4 is 5.32 Å². The molecule has 0 aromatic rings. The molecule has 1 heterocycles. The Morgan fingerprint density at radius 3 is 2.17 bits per heavy atom. The zero-order valence-electron chi connectivity index (χ0n) is 13.9. The largest absolute Gasteiger partial charge is 0.451 e. The number of allylic oxidation sites excluding steroid dienone is 2. The van der Waals surface area contributed by atoms with Crippen LogP contribution in [0.15, 0.2) is 12.2 Å². The van der Waals surface area contributed by atoms with Gasteiger partial charge in [-0.3, -0.25) is 19.3 Å². The van der Waals surface area contributed by atoms with E-state index in [1.54, 1.807) is 0 Å². The van der Waals surface area contributed by atoms with Crippen molar-refractivity contribution in [2.45, 2.75) is 57.7 Å². The smallest absolute Gasteiger partial charge is 0.329 e. The molecule has 0 spiro atoms. The van der Waals surface area contributed by atoms with Gasteiger partial charge in [0.1, 0.15) is 6.04 Å². The van der Waals surface area contributed by atoms with Gasteiger partial charge < -0.3 is 10.1 Å². The van der Waals surface area contributed by atoms with Crippen LogP contribution in [0.1, 0.15) is 39.5 Å². The Labute approximate surface area is 140 Å². The average molecular weight is 334 g/mol. The molecule has 1 aliphatic heterocycles. The van der Waals surface area contributed by atoms with Gasteiger partial charge in [0.15, 0.2) is 6.10 Å². The summed E-state index contributed by atoms with van der Waals surface area (Å²) in [5.74, 6) is -2.50. The lowest BCUT2D eigenvalue weighted by Crippen LogP contribution is -2.46. The lowest BCUT2D eigenvalue weighted by atomic mass is 9.85. The van der Waals surface area contributed by atoms with Crippen LogP contribution in [0.4, 0.5) is 0 Å². The van der Waals surface area contributed by atoms with Gasteiger partial charge in [0.2, 0.25) is 11.8 Å². The Balaban J connectivity index is 1.61. The number of rotatable bonds is 5. The fourth-order valence-electron chi connectivity index (χ4n) is 3.19. The predicted molar refractivity (Wildman–Crippen MR) is 83.4 cm³/mol. The third-order valence-corrected chi connectivity index (χ3v) is 4.86. The van der Waals surface area contributed by atoms with E-state index in [1.807, 2.05) is 12.2 Å². The Bertz CT molecular complexity index is 584. The first kappa shape index (κ1) is 16.7. The topological polar surface area (TPSA) is 92.8 Å². The fourth-order valence-corrected chi connectivity index (χ4v) is 3.19. The van der Waals surface area contributed by atoms with E-state index < -0.39 is 18.1 Å². The molecule has 7 heteroatoms. The van der Waals surface area contributed by atoms with Crippen molar-refractivity contribution < 1.29 is 23.9 Å². The van der Waals surface area contributed by atoms with E-state index in [0.717, 1.165) is 17.7 Å². The molecule has 0 unspecified atom stereocenters. The minimum absolute atomic E-state index is 0.174. The Hall–Kier alpha value is -2.18. The first-order valence-electron chi connectivity index (χ1n) is 8.43. The first-order chi connectivity index (χ1) is 11.4. The molecule has 130 valence electrons. The monoisotopic (exact) mass is 334 g/mol. The SMILES string of the molecule is C[C@@H](OC(=O)[C@H](C)N1C(=O)[C@H]2CC=CC[C@H]2C1=O)C(=O)NC1CC1. The van der Waals surface area contributed by atoms with Crippen LogP contribution in [0, 0.1) is 11.8 Å². The van der Waals surface area contributed by atoms with E-state index in [0.29, 0.717) is 12.8 Å². The van der Waals surface area contributed by atoms with Crippen LogP contribution in [0.2, 0.25) is 0 Å². The summed E-state index contributed by atoms with van der Waals surface area (Å²) in [6, 6.07) is -0.847. The molecule has 1 saturated heterocycles. The Morgan fingerprint density at radius 1 is 1.12 bits per heavy atom. The second-order valence-corrected chi connectivity index (χ2v) is 6.74. The zero-order chi connectivity index (χ0) is 17.4. The van der Waals surface area contributed by atoms with Crippen molar-refractivity contribution >= 4 is 23.7 Å². The number of nitrogens with zero attached hydrogens (tertiary/aromatic N) is 1. The first-order valence-corrected chi connectivity index (χ1v) is 8.43. The third-order valence-electron chi connectivity index (χ3n) is 4.86. The maximum atomic E-state index is 12.5. The molecule has 1 saturated carbocycles. The number of fused-ring (bicyclic) bond motifs is 1. The van der Waals surface area contributed by atoms with Crippen molar-refractivity contribution in [3.05, 3.63) is 12.2 Å². The summed E-state index contributed by atoms with van der Waals surface area (Å²) in [5, 5.41) is 2.75. The van der Waals surface area contributed by atoms with Gasteiger partial charge in [0.05, 0.1) is 11.8 Å². The van der Waals surface area contributed by atoms with Gasteiger partial charge in [-0.1, -0.05) is 12.2 Å². The van der Waals surface area contributed by atoms with Crippen LogP contribution in [0.3, 0.4) is 0 Å². The van der Waals surface area contributed by atoms with Crippen molar-refractivity contribution in [1.29, 1.82) is 0 Å². The van der Waals surface area contributed by atoms with Crippen LogP contribution in [-0.4, -0.2) is 46.8 Å². The molecule has 0 aromatic heterocycles. The van der Waals surface area contributed by atoms with Crippen molar-refractivity contribution in [1.82, 2.24) is 10.2 Å². The van der Waals surface area contributed by atoms with E-state index in [-0.39, 0.29) is 35.6 Å². The molecule has 7 nitrogen and oxygen atoms in total. The van der Waals surface area contributed by atoms with Crippen LogP contribution in [-0.2, 0) is 23.9 Å². The molecule has 3 aliphatic rings. The molecule has 0 aromatic carbocycles. The normalized spacial score (nSPS) is 28.3. The minimum atomic E-state index is -1.02. The molecule has 0 radical (unpaired) electrons. The summed E-state index contributed by atoms with van der Waals surface area (Å²) in [4.78, 5) is 50.1. The number of carbonyl (C=O) groups excluding carboxylic acids is 4. The number of likely N-dealkylation sites (tertiary alicyclic amines) is 1. The van der Waals surface area contributed by atoms with Gasteiger partial charge in [-0.05, 0) is 39.5 Å². The summed E-state index contributed by atoms with van der Waals surface area (Å²) in [6.07, 6.45) is 5.76. The van der Waals surface area contributed by atoms with Gasteiger partial charge in [0, 0.05) is 6.04 Å². The standard InChI is InChI=1S/C17H22N2O5/c1-9(17(23)24-10(2)14(20)18-11-7-8-11)19-15(21)12-5-3-4-6-13(12)16(19)22/h3-4,9-13H,5-8H2,1-2H3,(H,18,20)/t9-,10+,12-,13+/m0/s1. The van der Waals surface area contributed by atoms with Gasteiger partial charge in [-0.25, -0.2) is 4.79 Å². The molecule has 3 rings (SSSR count). The summed E-state index contributed by atoms with van der Waals surface area (Å²) in [5.41, 5.74) is 0. The number of carbonyl (C=O) groups is 4. The highest BCUT2D eigenvalue weighted by Gasteiger charge is 2.50. The number of ether oxygens (including phenoxy) is 1. The molecule has 1 N–H and O–H groups in total. The maximum Gasteiger partial charge on any atom is 0.329 e. The van der Waals surface area contributed by atoms with Gasteiger partial charge >= 0.3 is 5.97 Å². The Kier molecular flexibility index (Phi) is 4.43. The molecule has 24 heavy (non-hydrogen) atoms. The molecule has 2 aliphatic carbocycles. The van der Waals surface area contributed by atoms with Gasteiger partial charge in [-0.2, -0.15) is 0 Å². The Morgan fingerprint density at radius 2 is 1.67 bits per heavy atom. The molecular weight excluding hydrogens is 312 g/mol. The highest BCUT2D eigenvalue weighted by Crippen LogP contribution is 2.36. The van der Waals surface area contributed by atoms with Crippen molar-refractivity contribution in [2.75, 3.05) is 0 Å². The summed E-state index contributed by atoms with van der Waals surface area (Å²) >= 11 is 0. The summed E-state index contributed by atoms with van der Waals surface area (Å²) in [6.45, 7) is 2.95. The lowest BCUT2D eigenvalue weighted by Gasteiger charge is -2.23. The highest BCUT2D eigenvalue weighted by molar-refractivity contribution is 6.08. The van der Waals surface area contributed by atoms with E-state index in [4.69, 9.17) is 4.74 Å². The predicted octanol–water partition coefficient (Wildman–Crippen LogP) is 0.536. The van der Waals surface area contributed by atoms with Crippen molar-refractivity contribution in [2.24, 2.45) is 11.8 Å². The van der Waals surface area contributed by atoms with E-state index in [2.05, 4.69) is 5.32 Å². The molecule has 0 bridgehead atoms. The van der Waals surface area contributed by atoms with E-state index in [1.165, 1.54) is 13.8 Å². The lowest BCUT2D eigenvalue weighted by molar-refractivity contribution is -0.164. The van der Waals surface area contributed by atoms with Gasteiger partial charge in [0.25, 0.3) is 5.91 Å². The molecular formula is C17H22N2O5. The van der Waals surface area contributed by atoms with Crippen LogP contribution >= 0.6 is 0 Å². The second-order valence-electron chi connectivity index (χ2n) is 6.74. The number of imide groups is 1. The second kappa shape index (κ2) is 6.37. The van der Waals surface area contributed by atoms with Crippen LogP contribution in [0.5, 0.6) is 0 Å². The molecule has 3 amide bonds. The molecule has 2 fully saturated rings. The maximum absolute atomic E-state index is 12.5. The minimum Gasteiger partial charge on any atom is -0.451 e. The quantitative estimate of drug-likeness (QED) is 0.450. The van der Waals surface area contributed by atoms with Crippen LogP contribution in [0.25, 0.3) is 0 Å². The number of hydrogen-bond donors (Lipinski definition) is 1. The number of nitrogens with one attached hydrogen (secondary N) is 1. The van der Waals surface area contributed by atoms with Crippen molar-refractivity contribution in [3.63, 3.8) is 0 Å². The van der Waals surface area contributed by atoms with E-state index >= 15 is 0 Å². The summed E-state index contributed by atoms with van der Waals surface area (Å²) < 4.78 is 5.15. The van der Waals surface area contributed by atoms with Crippen molar-refractivity contribution in [3.8, 4) is 0 Å². The summed E-state index contributed by atoms with van der Waals surface area (Å²) in [7, 11) is 0. The number of hydrogen-bond acceptors (Lipinski definition) is 5. The third kappa shape index (κ3) is 3.07. The van der Waals surface area contributed by atoms with E-state index in [9.17, 15) is 19.2 Å². The fraction of sp³-hybridized carbons (Fsp3) is 0.647. The average Bonchev–Trinajstić information content (AvgIpc) is 3.34. The molecule has 4 atom stereocenters. The number of amides is 3.